The average molecular weight is 212 g/mol. The highest BCUT2D eigenvalue weighted by Crippen LogP contribution is 2.15. The van der Waals surface area contributed by atoms with Crippen molar-refractivity contribution in [3.63, 3.8) is 0 Å². The van der Waals surface area contributed by atoms with Crippen LogP contribution in [0, 0.1) is 0 Å². The van der Waals surface area contributed by atoms with E-state index in [1.807, 2.05) is 0 Å². The largest absolute Gasteiger partial charge is 0.350 e. The summed E-state index contributed by atoms with van der Waals surface area (Å²) in [6.45, 7) is 7.34. The van der Waals surface area contributed by atoms with Crippen LogP contribution in [-0.2, 0) is 4.79 Å². The molecule has 15 heavy (non-hydrogen) atoms. The Balaban J connectivity index is 2.46. The van der Waals surface area contributed by atoms with E-state index in [1.165, 1.54) is 12.8 Å². The maximum absolute atomic E-state index is 12.0. The highest BCUT2D eigenvalue weighted by molar-refractivity contribution is 5.82. The van der Waals surface area contributed by atoms with Crippen molar-refractivity contribution in [1.29, 1.82) is 0 Å². The first-order chi connectivity index (χ1) is 7.11. The van der Waals surface area contributed by atoms with Gasteiger partial charge in [0.15, 0.2) is 0 Å². The Morgan fingerprint density at radius 1 is 1.40 bits per heavy atom. The third kappa shape index (κ3) is 3.49. The summed E-state index contributed by atoms with van der Waals surface area (Å²) in [6.07, 6.45) is 5.32. The van der Waals surface area contributed by atoms with Crippen LogP contribution in [0.5, 0.6) is 0 Å². The molecule has 1 aliphatic heterocycles. The zero-order valence-corrected chi connectivity index (χ0v) is 10.2. The van der Waals surface area contributed by atoms with Crippen LogP contribution in [0.15, 0.2) is 0 Å². The van der Waals surface area contributed by atoms with E-state index < -0.39 is 0 Å². The molecule has 1 unspecified atom stereocenters. The second-order valence-corrected chi connectivity index (χ2v) is 4.76. The lowest BCUT2D eigenvalue weighted by molar-refractivity contribution is -0.125. The molecule has 1 fully saturated rings. The van der Waals surface area contributed by atoms with Gasteiger partial charge >= 0.3 is 0 Å². The molecule has 0 radical (unpaired) electrons. The van der Waals surface area contributed by atoms with E-state index in [4.69, 9.17) is 0 Å². The molecule has 0 spiro atoms. The Bertz CT molecular complexity index is 206. The van der Waals surface area contributed by atoms with Crippen LogP contribution in [-0.4, -0.2) is 24.0 Å². The molecule has 1 aliphatic rings. The smallest absolute Gasteiger partial charge is 0.237 e. The van der Waals surface area contributed by atoms with Gasteiger partial charge in [-0.2, -0.15) is 0 Å². The molecular formula is C12H24N2O. The Hall–Kier alpha value is -0.570. The molecule has 1 heterocycles. The second-order valence-electron chi connectivity index (χ2n) is 4.76. The minimum absolute atomic E-state index is 0.0315. The topological polar surface area (TPSA) is 41.1 Å². The van der Waals surface area contributed by atoms with Crippen molar-refractivity contribution < 1.29 is 4.79 Å². The maximum Gasteiger partial charge on any atom is 0.237 e. The molecule has 0 aromatic rings. The number of carbonyl (C=O) groups is 1. The highest BCUT2D eigenvalue weighted by atomic mass is 16.2. The maximum atomic E-state index is 12.0. The lowest BCUT2D eigenvalue weighted by Crippen LogP contribution is -2.54. The molecular weight excluding hydrogens is 188 g/mol. The van der Waals surface area contributed by atoms with Crippen LogP contribution in [0.1, 0.15) is 52.9 Å². The highest BCUT2D eigenvalue weighted by Gasteiger charge is 2.27. The van der Waals surface area contributed by atoms with Crippen LogP contribution in [0.3, 0.4) is 0 Å². The van der Waals surface area contributed by atoms with Crippen molar-refractivity contribution in [2.75, 3.05) is 6.54 Å². The van der Waals surface area contributed by atoms with Gasteiger partial charge in [0.2, 0.25) is 5.91 Å². The molecule has 2 N–H and O–H groups in total. The number of amides is 1. The SMILES string of the molecule is CCC(C)(CC)NC(=O)C1CCCCN1. The first-order valence-electron chi connectivity index (χ1n) is 6.16. The van der Waals surface area contributed by atoms with Crippen LogP contribution in [0.25, 0.3) is 0 Å². The third-order valence-corrected chi connectivity index (χ3v) is 3.61. The quantitative estimate of drug-likeness (QED) is 0.746. The number of hydrogen-bond acceptors (Lipinski definition) is 2. The summed E-state index contributed by atoms with van der Waals surface area (Å²) in [4.78, 5) is 12.0. The molecule has 88 valence electrons. The van der Waals surface area contributed by atoms with Gasteiger partial charge < -0.3 is 10.6 Å². The monoisotopic (exact) mass is 212 g/mol. The molecule has 0 saturated carbocycles. The first-order valence-corrected chi connectivity index (χ1v) is 6.16. The Morgan fingerprint density at radius 2 is 2.07 bits per heavy atom. The molecule has 1 saturated heterocycles. The van der Waals surface area contributed by atoms with E-state index in [-0.39, 0.29) is 17.5 Å². The Kier molecular flexibility index (Phi) is 4.58. The second kappa shape index (κ2) is 5.50. The fourth-order valence-electron chi connectivity index (χ4n) is 1.89. The molecule has 1 atom stereocenters. The van der Waals surface area contributed by atoms with Crippen molar-refractivity contribution in [2.45, 2.75) is 64.5 Å². The van der Waals surface area contributed by atoms with Gasteiger partial charge in [0.05, 0.1) is 6.04 Å². The fourth-order valence-corrected chi connectivity index (χ4v) is 1.89. The van der Waals surface area contributed by atoms with Gasteiger partial charge in [0.25, 0.3) is 0 Å². The molecule has 0 bridgehead atoms. The number of carbonyl (C=O) groups excluding carboxylic acids is 1. The summed E-state index contributed by atoms with van der Waals surface area (Å²) in [5.74, 6) is 0.181. The van der Waals surface area contributed by atoms with Gasteiger partial charge in [-0.05, 0) is 39.2 Å². The summed E-state index contributed by atoms with van der Waals surface area (Å²) in [7, 11) is 0. The summed E-state index contributed by atoms with van der Waals surface area (Å²) in [6, 6.07) is 0.0381. The standard InChI is InChI=1S/C12H24N2O/c1-4-12(3,5-2)14-11(15)10-8-6-7-9-13-10/h10,13H,4-9H2,1-3H3,(H,14,15). The number of piperidine rings is 1. The van der Waals surface area contributed by atoms with Crippen molar-refractivity contribution >= 4 is 5.91 Å². The van der Waals surface area contributed by atoms with Gasteiger partial charge in [-0.3, -0.25) is 4.79 Å². The summed E-state index contributed by atoms with van der Waals surface area (Å²) >= 11 is 0. The summed E-state index contributed by atoms with van der Waals surface area (Å²) in [5, 5.41) is 6.44. The zero-order chi connectivity index (χ0) is 11.3. The van der Waals surface area contributed by atoms with E-state index >= 15 is 0 Å². The Labute approximate surface area is 93.0 Å². The fraction of sp³-hybridized carbons (Fsp3) is 0.917. The van der Waals surface area contributed by atoms with E-state index in [0.717, 1.165) is 25.8 Å². The average Bonchev–Trinajstić information content (AvgIpc) is 2.30. The van der Waals surface area contributed by atoms with Crippen molar-refractivity contribution in [3.05, 3.63) is 0 Å². The van der Waals surface area contributed by atoms with Crippen LogP contribution in [0.4, 0.5) is 0 Å². The predicted molar refractivity (Wildman–Crippen MR) is 62.8 cm³/mol. The van der Waals surface area contributed by atoms with Gasteiger partial charge in [-0.1, -0.05) is 20.3 Å². The molecule has 3 heteroatoms. The third-order valence-electron chi connectivity index (χ3n) is 3.61. The van der Waals surface area contributed by atoms with E-state index in [0.29, 0.717) is 0 Å². The lowest BCUT2D eigenvalue weighted by atomic mass is 9.94. The predicted octanol–water partition coefficient (Wildman–Crippen LogP) is 1.82. The molecule has 3 nitrogen and oxygen atoms in total. The molecule has 0 aromatic carbocycles. The van der Waals surface area contributed by atoms with Crippen molar-refractivity contribution in [3.8, 4) is 0 Å². The number of rotatable bonds is 4. The van der Waals surface area contributed by atoms with Crippen molar-refractivity contribution in [2.24, 2.45) is 0 Å². The molecule has 0 aromatic heterocycles. The van der Waals surface area contributed by atoms with Gasteiger partial charge in [-0.25, -0.2) is 0 Å². The van der Waals surface area contributed by atoms with E-state index in [1.54, 1.807) is 0 Å². The first kappa shape index (κ1) is 12.5. The summed E-state index contributed by atoms with van der Waals surface area (Å²) in [5.41, 5.74) is -0.0315. The van der Waals surface area contributed by atoms with Crippen LogP contribution < -0.4 is 10.6 Å². The van der Waals surface area contributed by atoms with Crippen LogP contribution >= 0.6 is 0 Å². The Morgan fingerprint density at radius 3 is 2.53 bits per heavy atom. The minimum Gasteiger partial charge on any atom is -0.350 e. The molecule has 1 amide bonds. The number of hydrogen-bond donors (Lipinski definition) is 2. The normalized spacial score (nSPS) is 22.5. The van der Waals surface area contributed by atoms with Gasteiger partial charge in [-0.15, -0.1) is 0 Å². The van der Waals surface area contributed by atoms with Crippen molar-refractivity contribution in [1.82, 2.24) is 10.6 Å². The lowest BCUT2D eigenvalue weighted by Gasteiger charge is -2.32. The number of nitrogens with one attached hydrogen (secondary N) is 2. The van der Waals surface area contributed by atoms with Gasteiger partial charge in [0.1, 0.15) is 0 Å². The van der Waals surface area contributed by atoms with E-state index in [9.17, 15) is 4.79 Å². The zero-order valence-electron chi connectivity index (χ0n) is 10.2. The molecule has 1 rings (SSSR count). The molecule has 0 aliphatic carbocycles. The summed E-state index contributed by atoms with van der Waals surface area (Å²) < 4.78 is 0. The minimum atomic E-state index is -0.0315. The van der Waals surface area contributed by atoms with Gasteiger partial charge in [0, 0.05) is 5.54 Å². The van der Waals surface area contributed by atoms with Crippen LogP contribution in [0.2, 0.25) is 0 Å². The van der Waals surface area contributed by atoms with E-state index in [2.05, 4.69) is 31.4 Å².